The Bertz CT molecular complexity index is 1590. The van der Waals surface area contributed by atoms with Crippen LogP contribution in [0.25, 0.3) is 42.9 Å². The maximum Gasteiger partial charge on any atom is 0.407 e. The quantitative estimate of drug-likeness (QED) is 0.250. The van der Waals surface area contributed by atoms with Gasteiger partial charge in [0.15, 0.2) is 0 Å². The second kappa shape index (κ2) is 10.4. The zero-order valence-corrected chi connectivity index (χ0v) is 22.4. The van der Waals surface area contributed by atoms with Crippen LogP contribution in [0.4, 0.5) is 4.79 Å². The Labute approximate surface area is 228 Å². The van der Waals surface area contributed by atoms with Gasteiger partial charge in [-0.2, -0.15) is 0 Å². The summed E-state index contributed by atoms with van der Waals surface area (Å²) in [6.45, 7) is 0.548. The fraction of sp³-hybridized carbons (Fsp3) is 0.207. The second-order valence-corrected chi connectivity index (χ2v) is 10.9. The molecule has 1 atom stereocenters. The lowest BCUT2D eigenvalue weighted by atomic mass is 10.0. The molecule has 0 radical (unpaired) electrons. The number of likely N-dealkylation sites (tertiary alicyclic amines) is 1. The van der Waals surface area contributed by atoms with Crippen molar-refractivity contribution in [2.45, 2.75) is 18.9 Å². The van der Waals surface area contributed by atoms with Crippen molar-refractivity contribution in [3.8, 4) is 33.5 Å². The van der Waals surface area contributed by atoms with Gasteiger partial charge in [0.25, 0.3) is 0 Å². The van der Waals surface area contributed by atoms with Gasteiger partial charge >= 0.3 is 6.09 Å². The summed E-state index contributed by atoms with van der Waals surface area (Å²) >= 11 is 3.59. The standard InChI is InChI=1S/C29H26N4O3S2/c1-36-29(35)31-15-25(34)33-13-5-8-24(33)28-30-14-23(32-28)20-11-9-19(10-12-20)22-17-38-26-21(16-37-27(22)26)18-6-3-2-4-7-18/h2-4,6-7,9-12,14,16-17,24H,5,8,13,15H2,1H3,(H,30,32)(H,31,35). The SMILES string of the molecule is COC(=O)NCC(=O)N1CCCC1c1ncc(-c2ccc(-c3csc4c(-c5ccccc5)csc34)cc2)[nH]1. The number of methoxy groups -OCH3 is 1. The molecule has 2 aromatic carbocycles. The number of rotatable bonds is 6. The predicted molar refractivity (Wildman–Crippen MR) is 152 cm³/mol. The fourth-order valence-electron chi connectivity index (χ4n) is 4.99. The molecular formula is C29H26N4O3S2. The Kier molecular flexibility index (Phi) is 6.70. The zero-order valence-electron chi connectivity index (χ0n) is 20.8. The number of carbonyl (C=O) groups is 2. The summed E-state index contributed by atoms with van der Waals surface area (Å²) in [5.41, 5.74) is 6.94. The molecule has 1 aliphatic heterocycles. The maximum absolute atomic E-state index is 12.7. The number of H-pyrrole nitrogens is 1. The third kappa shape index (κ3) is 4.59. The van der Waals surface area contributed by atoms with Crippen LogP contribution in [0.15, 0.2) is 71.6 Å². The van der Waals surface area contributed by atoms with Gasteiger partial charge in [-0.1, -0.05) is 54.6 Å². The number of aromatic amines is 1. The van der Waals surface area contributed by atoms with Gasteiger partial charge in [0.05, 0.1) is 34.4 Å². The number of nitrogens with one attached hydrogen (secondary N) is 2. The minimum absolute atomic E-state index is 0.0921. The first-order valence-electron chi connectivity index (χ1n) is 12.4. The lowest BCUT2D eigenvalue weighted by Gasteiger charge is -2.23. The molecule has 0 spiro atoms. The first-order chi connectivity index (χ1) is 18.6. The fourth-order valence-corrected chi connectivity index (χ4v) is 7.45. The molecule has 5 aromatic rings. The normalized spacial score (nSPS) is 15.2. The number of fused-ring (bicyclic) bond motifs is 1. The first-order valence-corrected chi connectivity index (χ1v) is 14.2. The van der Waals surface area contributed by atoms with Crippen LogP contribution in [0.3, 0.4) is 0 Å². The highest BCUT2D eigenvalue weighted by atomic mass is 32.1. The van der Waals surface area contributed by atoms with Gasteiger partial charge < -0.3 is 19.9 Å². The van der Waals surface area contributed by atoms with E-state index in [1.54, 1.807) is 27.6 Å². The summed E-state index contributed by atoms with van der Waals surface area (Å²) in [4.78, 5) is 33.8. The molecule has 1 aliphatic rings. The van der Waals surface area contributed by atoms with E-state index < -0.39 is 6.09 Å². The molecule has 2 N–H and O–H groups in total. The van der Waals surface area contributed by atoms with Crippen LogP contribution < -0.4 is 5.32 Å². The Hall–Kier alpha value is -3.95. The summed E-state index contributed by atoms with van der Waals surface area (Å²) < 4.78 is 7.21. The first kappa shape index (κ1) is 24.4. The number of amides is 2. The van der Waals surface area contributed by atoms with Crippen LogP contribution in [0.1, 0.15) is 24.7 Å². The van der Waals surface area contributed by atoms with E-state index in [-0.39, 0.29) is 18.5 Å². The molecule has 4 heterocycles. The number of carbonyl (C=O) groups excluding carboxylic acids is 2. The molecule has 2 amide bonds. The van der Waals surface area contributed by atoms with E-state index in [4.69, 9.17) is 0 Å². The van der Waals surface area contributed by atoms with Gasteiger partial charge in [0.1, 0.15) is 12.4 Å². The van der Waals surface area contributed by atoms with Crippen molar-refractivity contribution in [1.29, 1.82) is 0 Å². The van der Waals surface area contributed by atoms with Gasteiger partial charge in [-0.25, -0.2) is 9.78 Å². The molecule has 7 nitrogen and oxygen atoms in total. The maximum atomic E-state index is 12.7. The van der Waals surface area contributed by atoms with Crippen molar-refractivity contribution >= 4 is 44.1 Å². The predicted octanol–water partition coefficient (Wildman–Crippen LogP) is 6.71. The van der Waals surface area contributed by atoms with Crippen molar-refractivity contribution in [2.75, 3.05) is 20.2 Å². The molecule has 0 bridgehead atoms. The van der Waals surface area contributed by atoms with Crippen molar-refractivity contribution in [1.82, 2.24) is 20.2 Å². The molecule has 6 rings (SSSR count). The van der Waals surface area contributed by atoms with Gasteiger partial charge in [0, 0.05) is 28.4 Å². The average molecular weight is 543 g/mol. The van der Waals surface area contributed by atoms with Gasteiger partial charge in [0.2, 0.25) is 5.91 Å². The topological polar surface area (TPSA) is 87.3 Å². The average Bonchev–Trinajstić information content (AvgIpc) is 3.76. The summed E-state index contributed by atoms with van der Waals surface area (Å²) in [7, 11) is 1.28. The number of hydrogen-bond acceptors (Lipinski definition) is 6. The van der Waals surface area contributed by atoms with Gasteiger partial charge in [-0.05, 0) is 29.5 Å². The third-order valence-electron chi connectivity index (χ3n) is 6.93. The highest BCUT2D eigenvalue weighted by Crippen LogP contribution is 2.44. The van der Waals surface area contributed by atoms with Crippen molar-refractivity contribution in [3.05, 3.63) is 77.4 Å². The Morgan fingerprint density at radius 1 is 1.00 bits per heavy atom. The molecule has 3 aromatic heterocycles. The number of nitrogens with zero attached hydrogens (tertiary/aromatic N) is 2. The largest absolute Gasteiger partial charge is 0.453 e. The molecule has 38 heavy (non-hydrogen) atoms. The highest BCUT2D eigenvalue weighted by Gasteiger charge is 2.32. The van der Waals surface area contributed by atoms with E-state index in [1.807, 2.05) is 12.3 Å². The highest BCUT2D eigenvalue weighted by molar-refractivity contribution is 7.27. The number of alkyl carbamates (subject to hydrolysis) is 1. The molecule has 0 aliphatic carbocycles. The number of hydrogen-bond donors (Lipinski definition) is 2. The van der Waals surface area contributed by atoms with Crippen LogP contribution in [0.2, 0.25) is 0 Å². The Balaban J connectivity index is 1.19. The van der Waals surface area contributed by atoms with Gasteiger partial charge in [-0.3, -0.25) is 4.79 Å². The third-order valence-corrected chi connectivity index (χ3v) is 9.09. The number of thiophene rings is 2. The lowest BCUT2D eigenvalue weighted by molar-refractivity contribution is -0.131. The van der Waals surface area contributed by atoms with Crippen molar-refractivity contribution in [3.63, 3.8) is 0 Å². The van der Waals surface area contributed by atoms with E-state index in [9.17, 15) is 9.59 Å². The molecular weight excluding hydrogens is 516 g/mol. The minimum atomic E-state index is -0.614. The molecule has 0 saturated carbocycles. The summed E-state index contributed by atoms with van der Waals surface area (Å²) in [5, 5.41) is 6.97. The van der Waals surface area contributed by atoms with E-state index in [0.29, 0.717) is 6.54 Å². The Morgan fingerprint density at radius 3 is 2.34 bits per heavy atom. The van der Waals surface area contributed by atoms with Crippen LogP contribution in [-0.4, -0.2) is 47.1 Å². The summed E-state index contributed by atoms with van der Waals surface area (Å²) in [6, 6.07) is 18.9. The molecule has 1 saturated heterocycles. The second-order valence-electron chi connectivity index (χ2n) is 9.17. The Morgan fingerprint density at radius 2 is 1.66 bits per heavy atom. The molecule has 192 valence electrons. The van der Waals surface area contributed by atoms with Crippen LogP contribution in [0, 0.1) is 0 Å². The minimum Gasteiger partial charge on any atom is -0.453 e. The van der Waals surface area contributed by atoms with E-state index in [1.165, 1.54) is 38.8 Å². The van der Waals surface area contributed by atoms with Crippen LogP contribution in [-0.2, 0) is 9.53 Å². The zero-order chi connectivity index (χ0) is 26.1. The van der Waals surface area contributed by atoms with E-state index in [2.05, 4.69) is 79.3 Å². The lowest BCUT2D eigenvalue weighted by Crippen LogP contribution is -2.40. The van der Waals surface area contributed by atoms with Gasteiger partial charge in [-0.15, -0.1) is 22.7 Å². The molecule has 1 unspecified atom stereocenters. The summed E-state index contributed by atoms with van der Waals surface area (Å²) in [6.07, 6.45) is 2.93. The monoisotopic (exact) mass is 542 g/mol. The molecule has 1 fully saturated rings. The number of imidazole rings is 1. The number of ether oxygens (including phenoxy) is 1. The van der Waals surface area contributed by atoms with Crippen LogP contribution in [0.5, 0.6) is 0 Å². The van der Waals surface area contributed by atoms with E-state index >= 15 is 0 Å². The van der Waals surface area contributed by atoms with Crippen LogP contribution >= 0.6 is 22.7 Å². The van der Waals surface area contributed by atoms with Crippen molar-refractivity contribution in [2.24, 2.45) is 0 Å². The smallest absolute Gasteiger partial charge is 0.407 e. The number of benzene rings is 2. The number of aromatic nitrogens is 2. The van der Waals surface area contributed by atoms with Crippen molar-refractivity contribution < 1.29 is 14.3 Å². The molecule has 9 heteroatoms. The van der Waals surface area contributed by atoms with E-state index in [0.717, 1.165) is 29.9 Å². The summed E-state index contributed by atoms with van der Waals surface area (Å²) in [5.74, 6) is 0.617.